The van der Waals surface area contributed by atoms with Gasteiger partial charge in [-0.3, -0.25) is 4.79 Å². The van der Waals surface area contributed by atoms with Crippen LogP contribution in [-0.2, 0) is 11.3 Å². The summed E-state index contributed by atoms with van der Waals surface area (Å²) in [5.74, 6) is -1.34. The first-order chi connectivity index (χ1) is 13.4. The lowest BCUT2D eigenvalue weighted by Crippen LogP contribution is -2.20. The number of aromatic nitrogens is 1. The van der Waals surface area contributed by atoms with Gasteiger partial charge in [-0.25, -0.2) is 8.78 Å². The number of rotatable bonds is 4. The summed E-state index contributed by atoms with van der Waals surface area (Å²) in [6.45, 7) is 4.30. The van der Waals surface area contributed by atoms with Gasteiger partial charge in [0.1, 0.15) is 11.6 Å². The van der Waals surface area contributed by atoms with E-state index in [1.165, 1.54) is 12.1 Å². The van der Waals surface area contributed by atoms with Crippen molar-refractivity contribution in [1.29, 1.82) is 0 Å². The van der Waals surface area contributed by atoms with Crippen LogP contribution in [0.15, 0.2) is 53.4 Å². The number of carbonyl (C=O) groups is 1. The monoisotopic (exact) mass is 381 g/mol. The zero-order chi connectivity index (χ0) is 19.8. The fraction of sp³-hybridized carbons (Fsp3) is 0.227. The Balaban J connectivity index is 1.51. The summed E-state index contributed by atoms with van der Waals surface area (Å²) in [4.78, 5) is 15.7. The van der Waals surface area contributed by atoms with Crippen LogP contribution in [0.25, 0.3) is 6.08 Å². The normalized spacial score (nSPS) is 19.9. The number of hydrogen-bond acceptors (Lipinski definition) is 2. The molecule has 1 amide bonds. The van der Waals surface area contributed by atoms with Gasteiger partial charge in [0.15, 0.2) is 0 Å². The Bertz CT molecular complexity index is 1030. The van der Waals surface area contributed by atoms with Crippen LogP contribution < -0.4 is 10.6 Å². The van der Waals surface area contributed by atoms with E-state index in [0.29, 0.717) is 24.1 Å². The van der Waals surface area contributed by atoms with Crippen molar-refractivity contribution in [2.24, 2.45) is 5.92 Å². The Hall–Kier alpha value is -3.15. The van der Waals surface area contributed by atoms with E-state index in [9.17, 15) is 13.6 Å². The summed E-state index contributed by atoms with van der Waals surface area (Å²) >= 11 is 0. The molecule has 144 valence electrons. The lowest BCUT2D eigenvalue weighted by molar-refractivity contribution is -0.115. The summed E-state index contributed by atoms with van der Waals surface area (Å²) in [6, 6.07) is 5.52. The third-order valence-corrected chi connectivity index (χ3v) is 5.09. The smallest absolute Gasteiger partial charge is 0.252 e. The van der Waals surface area contributed by atoms with Crippen LogP contribution in [0.1, 0.15) is 28.9 Å². The molecule has 4 nitrogen and oxygen atoms in total. The van der Waals surface area contributed by atoms with E-state index >= 15 is 0 Å². The average Bonchev–Trinajstić information content (AvgIpc) is 3.11. The quantitative estimate of drug-likeness (QED) is 0.701. The highest BCUT2D eigenvalue weighted by Crippen LogP contribution is 2.35. The molecule has 0 saturated carbocycles. The number of aromatic amines is 1. The molecule has 6 heteroatoms. The number of halogens is 2. The highest BCUT2D eigenvalue weighted by Gasteiger charge is 2.35. The molecule has 0 spiro atoms. The molecular formula is C22H21F2N3O. The molecule has 2 heterocycles. The van der Waals surface area contributed by atoms with Crippen molar-refractivity contribution in [3.05, 3.63) is 87.5 Å². The van der Waals surface area contributed by atoms with Crippen LogP contribution in [0, 0.1) is 31.4 Å². The number of benzene rings is 1. The molecule has 1 saturated heterocycles. The van der Waals surface area contributed by atoms with Crippen molar-refractivity contribution in [2.75, 3.05) is 0 Å². The second-order valence-corrected chi connectivity index (χ2v) is 7.30. The number of aryl methyl sites for hydroxylation is 2. The van der Waals surface area contributed by atoms with Crippen LogP contribution >= 0.6 is 0 Å². The minimum atomic E-state index is -0.593. The summed E-state index contributed by atoms with van der Waals surface area (Å²) in [6.07, 6.45) is 6.31. The van der Waals surface area contributed by atoms with Crippen LogP contribution in [-0.4, -0.2) is 10.9 Å². The van der Waals surface area contributed by atoms with E-state index in [2.05, 4.69) is 15.6 Å². The molecule has 1 aromatic carbocycles. The standard InChI is InChI=1S/C22H21F2N3O/c1-12-5-13(2)26-21(12)10-19-18-9-17(3-4-20(18)27-22(19)28)25-11-14-6-15(23)8-16(24)7-14/h3-8,10,18,25-26H,9,11H2,1-2H3,(H,27,28)/b19-10-. The van der Waals surface area contributed by atoms with E-state index in [0.717, 1.165) is 34.4 Å². The Labute approximate surface area is 162 Å². The lowest BCUT2D eigenvalue weighted by atomic mass is 9.90. The van der Waals surface area contributed by atoms with E-state index in [1.54, 1.807) is 0 Å². The van der Waals surface area contributed by atoms with Crippen molar-refractivity contribution in [3.8, 4) is 0 Å². The number of allylic oxidation sites excluding steroid dienone is 4. The van der Waals surface area contributed by atoms with Crippen molar-refractivity contribution < 1.29 is 13.6 Å². The minimum absolute atomic E-state index is 0.0627. The summed E-state index contributed by atoms with van der Waals surface area (Å²) < 4.78 is 26.7. The van der Waals surface area contributed by atoms with Crippen LogP contribution in [0.2, 0.25) is 0 Å². The zero-order valence-corrected chi connectivity index (χ0v) is 15.7. The highest BCUT2D eigenvalue weighted by atomic mass is 19.1. The van der Waals surface area contributed by atoms with Gasteiger partial charge in [-0.2, -0.15) is 0 Å². The average molecular weight is 381 g/mol. The van der Waals surface area contributed by atoms with Gasteiger partial charge in [0, 0.05) is 46.9 Å². The number of amides is 1. The third kappa shape index (κ3) is 3.63. The molecule has 1 aromatic heterocycles. The largest absolute Gasteiger partial charge is 0.384 e. The second kappa shape index (κ2) is 7.11. The van der Waals surface area contributed by atoms with Gasteiger partial charge in [0.25, 0.3) is 5.91 Å². The molecule has 1 unspecified atom stereocenters. The Morgan fingerprint density at radius 1 is 1.14 bits per heavy atom. The maximum atomic E-state index is 13.4. The van der Waals surface area contributed by atoms with Crippen LogP contribution in [0.4, 0.5) is 8.78 Å². The number of H-pyrrole nitrogens is 1. The maximum absolute atomic E-state index is 13.4. The zero-order valence-electron chi connectivity index (χ0n) is 15.7. The number of nitrogens with one attached hydrogen (secondary N) is 3. The Kier molecular flexibility index (Phi) is 4.63. The van der Waals surface area contributed by atoms with Gasteiger partial charge in [0.2, 0.25) is 0 Å². The first-order valence-electron chi connectivity index (χ1n) is 9.18. The van der Waals surface area contributed by atoms with Gasteiger partial charge < -0.3 is 15.6 Å². The number of fused-ring (bicyclic) bond motifs is 1. The Morgan fingerprint density at radius 3 is 2.57 bits per heavy atom. The molecule has 3 N–H and O–H groups in total. The van der Waals surface area contributed by atoms with E-state index in [4.69, 9.17) is 0 Å². The molecule has 0 bridgehead atoms. The third-order valence-electron chi connectivity index (χ3n) is 5.09. The number of carbonyl (C=O) groups excluding carboxylic acids is 1. The topological polar surface area (TPSA) is 56.9 Å². The van der Waals surface area contributed by atoms with Crippen molar-refractivity contribution in [1.82, 2.24) is 15.6 Å². The van der Waals surface area contributed by atoms with E-state index in [1.807, 2.05) is 38.1 Å². The molecule has 1 aliphatic carbocycles. The van der Waals surface area contributed by atoms with Gasteiger partial charge in [-0.1, -0.05) is 0 Å². The van der Waals surface area contributed by atoms with E-state index < -0.39 is 11.6 Å². The molecule has 1 fully saturated rings. The van der Waals surface area contributed by atoms with Gasteiger partial charge in [-0.15, -0.1) is 0 Å². The van der Waals surface area contributed by atoms with Gasteiger partial charge in [-0.05, 0) is 67.8 Å². The fourth-order valence-corrected chi connectivity index (χ4v) is 3.75. The summed E-state index contributed by atoms with van der Waals surface area (Å²) in [5, 5.41) is 6.16. The van der Waals surface area contributed by atoms with Crippen molar-refractivity contribution >= 4 is 12.0 Å². The van der Waals surface area contributed by atoms with Gasteiger partial charge >= 0.3 is 0 Å². The molecule has 2 aliphatic rings. The lowest BCUT2D eigenvalue weighted by Gasteiger charge is -2.20. The molecule has 2 aromatic rings. The molecule has 28 heavy (non-hydrogen) atoms. The summed E-state index contributed by atoms with van der Waals surface area (Å²) in [7, 11) is 0. The van der Waals surface area contributed by atoms with Crippen LogP contribution in [0.5, 0.6) is 0 Å². The van der Waals surface area contributed by atoms with Crippen molar-refractivity contribution in [2.45, 2.75) is 26.8 Å². The second-order valence-electron chi connectivity index (χ2n) is 7.30. The molecule has 1 aliphatic heterocycles. The summed E-state index contributed by atoms with van der Waals surface area (Å²) in [5.41, 5.74) is 6.10. The highest BCUT2D eigenvalue weighted by molar-refractivity contribution is 6.03. The predicted molar refractivity (Wildman–Crippen MR) is 104 cm³/mol. The molecular weight excluding hydrogens is 360 g/mol. The first kappa shape index (κ1) is 18.2. The number of hydrogen-bond donors (Lipinski definition) is 3. The maximum Gasteiger partial charge on any atom is 0.252 e. The first-order valence-corrected chi connectivity index (χ1v) is 9.18. The van der Waals surface area contributed by atoms with E-state index in [-0.39, 0.29) is 11.8 Å². The van der Waals surface area contributed by atoms with Crippen LogP contribution in [0.3, 0.4) is 0 Å². The Morgan fingerprint density at radius 2 is 1.89 bits per heavy atom. The SMILES string of the molecule is Cc1cc(C)c(/C=C2\C(=O)NC3=CC=C(NCc4cc(F)cc(F)c4)CC32)[nH]1. The fourth-order valence-electron chi connectivity index (χ4n) is 3.75. The molecule has 4 rings (SSSR count). The minimum Gasteiger partial charge on any atom is -0.384 e. The van der Waals surface area contributed by atoms with Crippen molar-refractivity contribution in [3.63, 3.8) is 0 Å². The molecule has 1 atom stereocenters. The predicted octanol–water partition coefficient (Wildman–Crippen LogP) is 4.00. The molecule has 0 radical (unpaired) electrons. The van der Waals surface area contributed by atoms with Gasteiger partial charge in [0.05, 0.1) is 0 Å².